The Hall–Kier alpha value is -5.12. The highest BCUT2D eigenvalue weighted by molar-refractivity contribution is 4.72. The number of hydrogen-bond acceptors (Lipinski definition) is 24. The summed E-state index contributed by atoms with van der Waals surface area (Å²) in [7, 11) is 0. The first-order chi connectivity index (χ1) is 25.0. The van der Waals surface area contributed by atoms with Crippen LogP contribution in [0.4, 0.5) is 0 Å². The van der Waals surface area contributed by atoms with Crippen molar-refractivity contribution in [2.45, 2.75) is 87.2 Å². The van der Waals surface area contributed by atoms with Crippen molar-refractivity contribution < 1.29 is 78.8 Å². The molecule has 0 radical (unpaired) electrons. The Morgan fingerprint density at radius 3 is 0.564 bits per heavy atom. The fourth-order valence-corrected chi connectivity index (χ4v) is 2.28. The van der Waals surface area contributed by atoms with Crippen molar-refractivity contribution in [3.05, 3.63) is 80.9 Å². The van der Waals surface area contributed by atoms with Gasteiger partial charge in [0.25, 0.3) is 0 Å². The highest BCUT2D eigenvalue weighted by atomic mass is 17.0. The molecule has 0 unspecified atom stereocenters. The van der Waals surface area contributed by atoms with Crippen LogP contribution < -0.4 is 0 Å². The smallest absolute Gasteiger partial charge is 0.335 e. The van der Waals surface area contributed by atoms with Crippen molar-refractivity contribution in [2.24, 2.45) is 10.8 Å². The number of aliphatic hydroxyl groups is 4. The van der Waals surface area contributed by atoms with Crippen molar-refractivity contribution in [2.75, 3.05) is 53.8 Å². The maximum atomic E-state index is 10.2. The molecule has 0 fully saturated rings. The Bertz CT molecular complexity index is 916. The van der Waals surface area contributed by atoms with E-state index in [4.69, 9.17) is 60.9 Å². The summed E-state index contributed by atoms with van der Waals surface area (Å²) < 4.78 is 17.1. The van der Waals surface area contributed by atoms with Crippen molar-refractivity contribution in [3.63, 3.8) is 0 Å². The SMILES string of the molecule is CC(C)(C)C.CCC(CC)(CC)CC.O=[N+]([O-])CO.O=[N+]([O-])CO.O=[N+]([O-])CO.O=[N+]([O-])CO.O=[N+]([O-])COC(OC[N+](=O)[O-])(OC[N+](=O)[O-])OC[N+](=O)[O-]. The zero-order valence-electron chi connectivity index (χ0n) is 31.5. The first kappa shape index (κ1) is 64.8. The summed E-state index contributed by atoms with van der Waals surface area (Å²) in [5.41, 5.74) is 1.17. The molecule has 0 aliphatic heterocycles. The summed E-state index contributed by atoms with van der Waals surface area (Å²) >= 11 is 0. The van der Waals surface area contributed by atoms with Crippen molar-refractivity contribution >= 4 is 0 Å². The fraction of sp³-hybridized carbons (Fsp3) is 1.00. The van der Waals surface area contributed by atoms with Gasteiger partial charge in [0, 0.05) is 39.4 Å². The largest absolute Gasteiger partial charge is 0.432 e. The molecule has 0 heterocycles. The molecule has 0 aliphatic rings. The Balaban J connectivity index is -0.000000112. The molecule has 328 valence electrons. The molecular weight excluding hydrogens is 772 g/mol. The topological polar surface area (TPSA) is 463 Å². The quantitative estimate of drug-likeness (QED) is 0.0758. The summed E-state index contributed by atoms with van der Waals surface area (Å²) in [6.45, 7) is 8.43. The normalized spacial score (nSPS) is 9.96. The van der Waals surface area contributed by atoms with Crippen molar-refractivity contribution in [3.8, 4) is 0 Å². The lowest BCUT2D eigenvalue weighted by atomic mass is 9.78. The van der Waals surface area contributed by atoms with Crippen LogP contribution in [0.15, 0.2) is 0 Å². The zero-order valence-corrected chi connectivity index (χ0v) is 31.5. The molecule has 0 aromatic heterocycles. The van der Waals surface area contributed by atoms with Crippen LogP contribution in [0.5, 0.6) is 0 Å². The van der Waals surface area contributed by atoms with E-state index >= 15 is 0 Å². The molecule has 0 spiro atoms. The Labute approximate surface area is 312 Å². The van der Waals surface area contributed by atoms with Gasteiger partial charge >= 0.3 is 60.0 Å². The van der Waals surface area contributed by atoms with Gasteiger partial charge in [-0.15, -0.1) is 0 Å². The van der Waals surface area contributed by atoms with Crippen LogP contribution in [0.2, 0.25) is 0 Å². The van der Waals surface area contributed by atoms with E-state index in [1.54, 1.807) is 0 Å². The number of hydrogen-bond donors (Lipinski definition) is 4. The summed E-state index contributed by atoms with van der Waals surface area (Å²) in [6, 6.07) is 0. The number of nitro groups is 8. The lowest BCUT2D eigenvalue weighted by Gasteiger charge is -2.28. The van der Waals surface area contributed by atoms with Crippen molar-refractivity contribution in [1.82, 2.24) is 0 Å². The van der Waals surface area contributed by atoms with Gasteiger partial charge in [0.2, 0.25) is 0 Å². The highest BCUT2D eigenvalue weighted by Gasteiger charge is 2.43. The summed E-state index contributed by atoms with van der Waals surface area (Å²) in [6.07, 6.45) is 2.24. The average molecular weight is 825 g/mol. The van der Waals surface area contributed by atoms with Gasteiger partial charge in [0.05, 0.1) is 0 Å². The zero-order chi connectivity index (χ0) is 45.4. The van der Waals surface area contributed by atoms with Gasteiger partial charge in [-0.1, -0.05) is 81.1 Å². The third-order valence-electron chi connectivity index (χ3n) is 4.85. The first-order valence-electron chi connectivity index (χ1n) is 14.9. The van der Waals surface area contributed by atoms with Crippen LogP contribution in [-0.4, -0.2) is 120 Å². The minimum absolute atomic E-state index is 0.500. The van der Waals surface area contributed by atoms with Crippen LogP contribution in [-0.2, 0) is 18.9 Å². The number of rotatable bonds is 20. The monoisotopic (exact) mass is 824 g/mol. The van der Waals surface area contributed by atoms with Crippen molar-refractivity contribution in [1.29, 1.82) is 0 Å². The minimum Gasteiger partial charge on any atom is -0.335 e. The molecule has 32 heteroatoms. The molecule has 0 saturated carbocycles. The van der Waals surface area contributed by atoms with Gasteiger partial charge in [0.1, 0.15) is 0 Å². The maximum Gasteiger partial charge on any atom is 0.432 e. The van der Waals surface area contributed by atoms with Crippen LogP contribution in [0.25, 0.3) is 0 Å². The minimum atomic E-state index is -3.14. The summed E-state index contributed by atoms with van der Waals surface area (Å²) in [5.74, 6) is 0. The second-order valence-electron chi connectivity index (χ2n) is 10.7. The molecule has 0 saturated heterocycles. The predicted molar refractivity (Wildman–Crippen MR) is 180 cm³/mol. The third-order valence-corrected chi connectivity index (χ3v) is 4.85. The predicted octanol–water partition coefficient (Wildman–Crippen LogP) is 1.12. The molecule has 0 atom stereocenters. The lowest BCUT2D eigenvalue weighted by Crippen LogP contribution is -2.46. The fourth-order valence-electron chi connectivity index (χ4n) is 2.28. The van der Waals surface area contributed by atoms with Crippen LogP contribution in [0.1, 0.15) is 81.1 Å². The average Bonchev–Trinajstić information content (AvgIpc) is 3.09. The molecule has 0 rings (SSSR count). The van der Waals surface area contributed by atoms with Gasteiger partial charge in [-0.05, 0) is 10.8 Å². The third kappa shape index (κ3) is 71.1. The van der Waals surface area contributed by atoms with Gasteiger partial charge in [-0.3, -0.25) is 80.9 Å². The molecule has 32 nitrogen and oxygen atoms in total. The van der Waals surface area contributed by atoms with Crippen LogP contribution >= 0.6 is 0 Å². The molecule has 0 aliphatic carbocycles. The van der Waals surface area contributed by atoms with Crippen LogP contribution in [0.3, 0.4) is 0 Å². The van der Waals surface area contributed by atoms with E-state index in [1.807, 2.05) is 0 Å². The van der Waals surface area contributed by atoms with E-state index in [0.717, 1.165) is 0 Å². The molecule has 0 amide bonds. The summed E-state index contributed by atoms with van der Waals surface area (Å²) in [5, 5.41) is 106. The van der Waals surface area contributed by atoms with Crippen LogP contribution in [0, 0.1) is 91.7 Å². The summed E-state index contributed by atoms with van der Waals surface area (Å²) in [4.78, 5) is 68.7. The molecule has 4 N–H and O–H groups in total. The van der Waals surface area contributed by atoms with E-state index in [-0.39, 0.29) is 0 Å². The number of aliphatic hydroxyl groups excluding tert-OH is 4. The van der Waals surface area contributed by atoms with E-state index < -0.39 is 99.4 Å². The number of ether oxygens (including phenoxy) is 4. The molecule has 0 bridgehead atoms. The maximum absolute atomic E-state index is 10.2. The Morgan fingerprint density at radius 2 is 0.509 bits per heavy atom. The Morgan fingerprint density at radius 1 is 0.382 bits per heavy atom. The molecule has 0 aromatic carbocycles. The van der Waals surface area contributed by atoms with E-state index in [0.29, 0.717) is 10.8 Å². The van der Waals surface area contributed by atoms with E-state index in [9.17, 15) is 40.5 Å². The van der Waals surface area contributed by atoms with Gasteiger partial charge < -0.3 is 20.4 Å². The lowest BCUT2D eigenvalue weighted by molar-refractivity contribution is -0.680. The van der Waals surface area contributed by atoms with Gasteiger partial charge in [0.15, 0.2) is 0 Å². The highest BCUT2D eigenvalue weighted by Crippen LogP contribution is 2.33. The second-order valence-corrected chi connectivity index (χ2v) is 10.7. The standard InChI is InChI=1S/C9H20.C5H8N4O12.C5H12.4CH3NO3/c1-5-9(6-2,7-3)8-4;10-6(11)1-18-5(19-2-7(12)13,20-3-8(14)15)21-4-9(16)17;1-5(2,3)4;4*3-1-2(4)5/h5-8H2,1-4H3;1-4H2;1-4H3;4*3H,1H2. The molecule has 0 aromatic rings. The van der Waals surface area contributed by atoms with Gasteiger partial charge in [-0.25, -0.2) is 18.9 Å². The second kappa shape index (κ2) is 40.1. The number of nitrogens with zero attached hydrogens (tertiary/aromatic N) is 8. The first-order valence-corrected chi connectivity index (χ1v) is 14.9. The van der Waals surface area contributed by atoms with E-state index in [1.165, 1.54) is 25.7 Å². The van der Waals surface area contributed by atoms with E-state index in [2.05, 4.69) is 74.3 Å². The van der Waals surface area contributed by atoms with Gasteiger partial charge in [-0.2, -0.15) is 0 Å². The molecular formula is C23H52N8O24. The molecule has 55 heavy (non-hydrogen) atoms. The Kier molecular flexibility index (Phi) is 47.2.